The number of aromatic nitrogens is 2. The first-order valence-corrected chi connectivity index (χ1v) is 12.9. The molecule has 2 fully saturated rings. The van der Waals surface area contributed by atoms with Crippen molar-refractivity contribution in [3.8, 4) is 0 Å². The fourth-order valence-corrected chi connectivity index (χ4v) is 6.21. The summed E-state index contributed by atoms with van der Waals surface area (Å²) in [7, 11) is 1.88. The van der Waals surface area contributed by atoms with E-state index in [1.807, 2.05) is 50.1 Å². The number of hydrogen-bond acceptors (Lipinski definition) is 7. The number of rotatable bonds is 4. The van der Waals surface area contributed by atoms with Gasteiger partial charge in [-0.15, -0.1) is 0 Å². The van der Waals surface area contributed by atoms with Crippen molar-refractivity contribution in [1.29, 1.82) is 0 Å². The minimum atomic E-state index is -0.836. The quantitative estimate of drug-likeness (QED) is 0.505. The molecule has 2 unspecified atom stereocenters. The lowest BCUT2D eigenvalue weighted by Gasteiger charge is -2.36. The molecular weight excluding hydrogens is 506 g/mol. The Morgan fingerprint density at radius 2 is 1.95 bits per heavy atom. The maximum Gasteiger partial charge on any atom is 0.407 e. The first-order valence-electron chi connectivity index (χ1n) is 12.5. The smallest absolute Gasteiger partial charge is 0.407 e. The van der Waals surface area contributed by atoms with Crippen LogP contribution in [-0.4, -0.2) is 70.9 Å². The number of halogens is 1. The summed E-state index contributed by atoms with van der Waals surface area (Å²) in [6, 6.07) is 11.9. The number of nitrogens with zero attached hydrogens (tertiary/aromatic N) is 6. The second-order valence-corrected chi connectivity index (χ2v) is 10.6. The minimum Gasteiger partial charge on any atom is -0.465 e. The fourth-order valence-electron chi connectivity index (χ4n) is 5.88. The molecule has 0 saturated carbocycles. The minimum absolute atomic E-state index is 0.0519. The number of likely N-dealkylation sites (tertiary alicyclic amines) is 1. The van der Waals surface area contributed by atoms with Crippen molar-refractivity contribution in [2.24, 2.45) is 0 Å². The van der Waals surface area contributed by atoms with E-state index in [4.69, 9.17) is 11.6 Å². The number of fused-ring (bicyclic) bond motifs is 3. The van der Waals surface area contributed by atoms with E-state index >= 15 is 0 Å². The molecule has 196 valence electrons. The molecule has 2 aromatic carbocycles. The predicted octanol–water partition coefficient (Wildman–Crippen LogP) is 4.49. The third-order valence-electron chi connectivity index (χ3n) is 7.67. The van der Waals surface area contributed by atoms with Crippen molar-refractivity contribution in [2.75, 3.05) is 46.8 Å². The van der Waals surface area contributed by atoms with E-state index in [0.717, 1.165) is 28.9 Å². The predicted molar refractivity (Wildman–Crippen MR) is 147 cm³/mol. The number of carbonyl (C=O) groups is 2. The van der Waals surface area contributed by atoms with Crippen molar-refractivity contribution in [2.45, 2.75) is 32.4 Å². The van der Waals surface area contributed by atoms with Crippen LogP contribution in [0.25, 0.3) is 0 Å². The molecule has 1 aromatic heterocycles. The number of nitrogens with one attached hydrogen (secondary N) is 1. The van der Waals surface area contributed by atoms with Gasteiger partial charge in [-0.25, -0.2) is 9.78 Å². The number of aryl methyl sites for hydroxylation is 2. The number of benzene rings is 2. The Hall–Kier alpha value is -4.05. The molecule has 2 amide bonds. The van der Waals surface area contributed by atoms with Gasteiger partial charge in [-0.2, -0.15) is 4.98 Å². The van der Waals surface area contributed by atoms with Crippen LogP contribution in [0.2, 0.25) is 5.02 Å². The normalized spacial score (nSPS) is 20.3. The van der Waals surface area contributed by atoms with Crippen LogP contribution in [0.5, 0.6) is 0 Å². The molecule has 11 heteroatoms. The van der Waals surface area contributed by atoms with Crippen LogP contribution in [0.4, 0.5) is 33.6 Å². The first kappa shape index (κ1) is 24.3. The Morgan fingerprint density at radius 1 is 1.13 bits per heavy atom. The summed E-state index contributed by atoms with van der Waals surface area (Å²) in [5.41, 5.74) is 5.05. The van der Waals surface area contributed by atoms with E-state index in [0.29, 0.717) is 47.8 Å². The Kier molecular flexibility index (Phi) is 5.79. The number of carboxylic acid groups (broad SMARTS) is 1. The van der Waals surface area contributed by atoms with Gasteiger partial charge in [0.2, 0.25) is 5.95 Å². The monoisotopic (exact) mass is 533 g/mol. The summed E-state index contributed by atoms with van der Waals surface area (Å²) in [6.45, 7) is 5.55. The van der Waals surface area contributed by atoms with Crippen LogP contribution in [0.3, 0.4) is 0 Å². The SMILES string of the molecule is Cc1cc(Nc2ncc3c(n2)N(C)CN(c2c(C)cccc2Cl)C3=O)ccc1N1CC2CC1CN2C(=O)O. The summed E-state index contributed by atoms with van der Waals surface area (Å²) in [6.07, 6.45) is 1.59. The van der Waals surface area contributed by atoms with Crippen LogP contribution >= 0.6 is 11.6 Å². The molecule has 3 aliphatic heterocycles. The summed E-state index contributed by atoms with van der Waals surface area (Å²) < 4.78 is 0. The van der Waals surface area contributed by atoms with E-state index in [1.54, 1.807) is 22.1 Å². The van der Waals surface area contributed by atoms with E-state index in [1.165, 1.54) is 0 Å². The molecule has 2 N–H and O–H groups in total. The van der Waals surface area contributed by atoms with Crippen LogP contribution in [0.1, 0.15) is 27.9 Å². The highest BCUT2D eigenvalue weighted by Gasteiger charge is 2.45. The second kappa shape index (κ2) is 9.05. The molecule has 6 rings (SSSR count). The third-order valence-corrected chi connectivity index (χ3v) is 7.97. The number of carbonyl (C=O) groups excluding carboxylic acids is 1. The Morgan fingerprint density at radius 3 is 2.63 bits per heavy atom. The maximum atomic E-state index is 13.4. The van der Waals surface area contributed by atoms with Crippen molar-refractivity contribution in [1.82, 2.24) is 14.9 Å². The molecule has 10 nitrogen and oxygen atoms in total. The molecule has 2 bridgehead atoms. The molecule has 0 aliphatic carbocycles. The van der Waals surface area contributed by atoms with Crippen molar-refractivity contribution in [3.63, 3.8) is 0 Å². The van der Waals surface area contributed by atoms with Crippen molar-refractivity contribution >= 4 is 52.4 Å². The van der Waals surface area contributed by atoms with E-state index in [-0.39, 0.29) is 18.0 Å². The number of hydrogen-bond donors (Lipinski definition) is 2. The lowest BCUT2D eigenvalue weighted by Crippen LogP contribution is -2.48. The average molecular weight is 534 g/mol. The zero-order valence-corrected chi connectivity index (χ0v) is 22.1. The van der Waals surface area contributed by atoms with Gasteiger partial charge in [-0.1, -0.05) is 23.7 Å². The topological polar surface area (TPSA) is 105 Å². The van der Waals surface area contributed by atoms with Gasteiger partial charge in [-0.05, 0) is 55.7 Å². The van der Waals surface area contributed by atoms with Crippen molar-refractivity contribution < 1.29 is 14.7 Å². The lowest BCUT2D eigenvalue weighted by atomic mass is 10.1. The lowest BCUT2D eigenvalue weighted by molar-refractivity contribution is 0.0981. The molecule has 2 atom stereocenters. The first-order chi connectivity index (χ1) is 18.2. The van der Waals surface area contributed by atoms with E-state index in [9.17, 15) is 14.7 Å². The summed E-state index contributed by atoms with van der Waals surface area (Å²) in [4.78, 5) is 41.3. The number of para-hydroxylation sites is 1. The molecular formula is C27H28ClN7O3. The summed E-state index contributed by atoms with van der Waals surface area (Å²) in [5, 5.41) is 13.2. The molecule has 0 spiro atoms. The molecule has 3 aromatic rings. The molecule has 38 heavy (non-hydrogen) atoms. The zero-order chi connectivity index (χ0) is 26.7. The van der Waals surface area contributed by atoms with E-state index < -0.39 is 6.09 Å². The molecule has 2 saturated heterocycles. The molecule has 4 heterocycles. The van der Waals surface area contributed by atoms with Crippen LogP contribution < -0.4 is 20.0 Å². The maximum absolute atomic E-state index is 13.4. The molecule has 0 radical (unpaired) electrons. The number of amides is 2. The van der Waals surface area contributed by atoms with Gasteiger partial charge in [0.25, 0.3) is 5.91 Å². The Bertz CT molecular complexity index is 1440. The van der Waals surface area contributed by atoms with Gasteiger partial charge in [0.15, 0.2) is 0 Å². The number of anilines is 5. The van der Waals surface area contributed by atoms with Gasteiger partial charge >= 0.3 is 6.09 Å². The van der Waals surface area contributed by atoms with Crippen LogP contribution in [-0.2, 0) is 0 Å². The number of piperazine rings is 1. The average Bonchev–Trinajstić information content (AvgIpc) is 3.48. The Labute approximate surface area is 225 Å². The van der Waals surface area contributed by atoms with Gasteiger partial charge in [0.05, 0.1) is 23.4 Å². The largest absolute Gasteiger partial charge is 0.465 e. The Balaban J connectivity index is 1.20. The highest BCUT2D eigenvalue weighted by molar-refractivity contribution is 6.34. The van der Waals surface area contributed by atoms with Crippen LogP contribution in [0, 0.1) is 13.8 Å². The van der Waals surface area contributed by atoms with E-state index in [2.05, 4.69) is 26.3 Å². The zero-order valence-electron chi connectivity index (χ0n) is 21.3. The van der Waals surface area contributed by atoms with Crippen LogP contribution in [0.15, 0.2) is 42.6 Å². The third kappa shape index (κ3) is 3.96. The standard InChI is InChI=1S/C27H28ClN7O3/c1-15-5-4-6-21(28)23(15)35-14-32(3)24-20(25(35)36)11-29-26(31-24)30-17-7-8-22(16(2)9-17)33-12-19-10-18(33)13-34(19)27(37)38/h4-9,11,18-19H,10,12-14H2,1-3H3,(H,37,38)(H,29,30,31). The van der Waals surface area contributed by atoms with Gasteiger partial charge in [-0.3, -0.25) is 9.69 Å². The van der Waals surface area contributed by atoms with Gasteiger partial charge in [0, 0.05) is 43.8 Å². The summed E-state index contributed by atoms with van der Waals surface area (Å²) >= 11 is 6.44. The van der Waals surface area contributed by atoms with Gasteiger partial charge < -0.3 is 25.1 Å². The summed E-state index contributed by atoms with van der Waals surface area (Å²) in [5.74, 6) is 0.760. The highest BCUT2D eigenvalue weighted by Crippen LogP contribution is 2.38. The fraction of sp³-hybridized carbons (Fsp3) is 0.333. The van der Waals surface area contributed by atoms with Crippen molar-refractivity contribution in [3.05, 3.63) is 64.3 Å². The highest BCUT2D eigenvalue weighted by atomic mass is 35.5. The molecule has 3 aliphatic rings. The second-order valence-electron chi connectivity index (χ2n) is 10.2. The van der Waals surface area contributed by atoms with Gasteiger partial charge in [0.1, 0.15) is 11.4 Å².